The van der Waals surface area contributed by atoms with Crippen LogP contribution in [0.3, 0.4) is 0 Å². The standard InChI is InChI=1S/C13H14BrN3O3/c1-17-10-6-4-3-5-8(10)11(16-17)12(18)15-7-9(14)13(19)20-2/h3-6,9H,7H2,1-2H3,(H,15,18). The minimum absolute atomic E-state index is 0.135. The Morgan fingerprint density at radius 2 is 2.15 bits per heavy atom. The van der Waals surface area contributed by atoms with Crippen LogP contribution < -0.4 is 5.32 Å². The van der Waals surface area contributed by atoms with Crippen molar-refractivity contribution in [3.63, 3.8) is 0 Å². The van der Waals surface area contributed by atoms with Gasteiger partial charge in [-0.25, -0.2) is 0 Å². The van der Waals surface area contributed by atoms with E-state index in [1.54, 1.807) is 11.7 Å². The second kappa shape index (κ2) is 6.04. The van der Waals surface area contributed by atoms with E-state index in [0.29, 0.717) is 5.69 Å². The van der Waals surface area contributed by atoms with E-state index in [4.69, 9.17) is 0 Å². The SMILES string of the molecule is COC(=O)C(Br)CNC(=O)c1nn(C)c2ccccc12. The van der Waals surface area contributed by atoms with Gasteiger partial charge in [-0.3, -0.25) is 14.3 Å². The number of nitrogens with one attached hydrogen (secondary N) is 1. The Balaban J connectivity index is 2.14. The summed E-state index contributed by atoms with van der Waals surface area (Å²) in [6, 6.07) is 7.46. The van der Waals surface area contributed by atoms with Gasteiger partial charge in [0.1, 0.15) is 4.83 Å². The summed E-state index contributed by atoms with van der Waals surface area (Å²) in [6.07, 6.45) is 0. The molecule has 0 radical (unpaired) electrons. The number of fused-ring (bicyclic) bond motifs is 1. The lowest BCUT2D eigenvalue weighted by Crippen LogP contribution is -2.34. The van der Waals surface area contributed by atoms with Crippen molar-refractivity contribution in [1.82, 2.24) is 15.1 Å². The predicted molar refractivity (Wildman–Crippen MR) is 77.8 cm³/mol. The number of hydrogen-bond donors (Lipinski definition) is 1. The van der Waals surface area contributed by atoms with Crippen LogP contribution in [0.1, 0.15) is 10.5 Å². The fraction of sp³-hybridized carbons (Fsp3) is 0.308. The van der Waals surface area contributed by atoms with E-state index in [1.807, 2.05) is 24.3 Å². The van der Waals surface area contributed by atoms with Gasteiger partial charge >= 0.3 is 5.97 Å². The van der Waals surface area contributed by atoms with Gasteiger partial charge in [0.25, 0.3) is 5.91 Å². The summed E-state index contributed by atoms with van der Waals surface area (Å²) in [6.45, 7) is 0.135. The van der Waals surface area contributed by atoms with E-state index in [9.17, 15) is 9.59 Å². The van der Waals surface area contributed by atoms with Gasteiger partial charge in [-0.05, 0) is 6.07 Å². The highest BCUT2D eigenvalue weighted by Crippen LogP contribution is 2.17. The summed E-state index contributed by atoms with van der Waals surface area (Å²) in [5.41, 5.74) is 1.22. The van der Waals surface area contributed by atoms with Gasteiger partial charge in [0, 0.05) is 19.0 Å². The second-order valence-electron chi connectivity index (χ2n) is 4.19. The molecule has 1 heterocycles. The van der Waals surface area contributed by atoms with Gasteiger partial charge in [-0.15, -0.1) is 0 Å². The summed E-state index contributed by atoms with van der Waals surface area (Å²) in [5.74, 6) is -0.758. The molecule has 0 aliphatic heterocycles. The van der Waals surface area contributed by atoms with Crippen molar-refractivity contribution in [2.45, 2.75) is 4.83 Å². The average molecular weight is 340 g/mol. The molecular weight excluding hydrogens is 326 g/mol. The Kier molecular flexibility index (Phi) is 4.39. The molecule has 6 nitrogen and oxygen atoms in total. The van der Waals surface area contributed by atoms with Crippen molar-refractivity contribution < 1.29 is 14.3 Å². The molecule has 1 N–H and O–H groups in total. The van der Waals surface area contributed by atoms with Crippen LogP contribution >= 0.6 is 15.9 Å². The zero-order chi connectivity index (χ0) is 14.7. The number of halogens is 1. The minimum atomic E-state index is -0.577. The summed E-state index contributed by atoms with van der Waals surface area (Å²) in [5, 5.41) is 7.64. The highest BCUT2D eigenvalue weighted by atomic mass is 79.9. The molecule has 0 spiro atoms. The van der Waals surface area contributed by atoms with Crippen LogP contribution in [0, 0.1) is 0 Å². The zero-order valence-electron chi connectivity index (χ0n) is 11.1. The van der Waals surface area contributed by atoms with Crippen LogP contribution in [0.4, 0.5) is 0 Å². The number of methoxy groups -OCH3 is 1. The van der Waals surface area contributed by atoms with Gasteiger partial charge in [0.2, 0.25) is 0 Å². The number of benzene rings is 1. The van der Waals surface area contributed by atoms with Gasteiger partial charge < -0.3 is 10.1 Å². The molecule has 1 atom stereocenters. The van der Waals surface area contributed by atoms with Gasteiger partial charge in [-0.2, -0.15) is 5.10 Å². The number of nitrogens with zero attached hydrogens (tertiary/aromatic N) is 2. The van der Waals surface area contributed by atoms with E-state index in [1.165, 1.54) is 7.11 Å². The lowest BCUT2D eigenvalue weighted by Gasteiger charge is -2.08. The molecule has 1 aromatic heterocycles. The minimum Gasteiger partial charge on any atom is -0.468 e. The Hall–Kier alpha value is -1.89. The average Bonchev–Trinajstić information content (AvgIpc) is 2.81. The molecule has 0 fully saturated rings. The first-order valence-corrected chi connectivity index (χ1v) is 6.88. The van der Waals surface area contributed by atoms with E-state index in [2.05, 4.69) is 31.1 Å². The molecule has 0 bridgehead atoms. The van der Waals surface area contributed by atoms with Crippen molar-refractivity contribution in [2.75, 3.05) is 13.7 Å². The molecular formula is C13H14BrN3O3. The zero-order valence-corrected chi connectivity index (χ0v) is 12.7. The molecule has 106 valence electrons. The molecule has 0 saturated heterocycles. The Morgan fingerprint density at radius 3 is 2.85 bits per heavy atom. The number of ether oxygens (including phenoxy) is 1. The van der Waals surface area contributed by atoms with Gasteiger partial charge in [-0.1, -0.05) is 34.1 Å². The Morgan fingerprint density at radius 1 is 1.45 bits per heavy atom. The fourth-order valence-corrected chi connectivity index (χ4v) is 2.21. The Bertz CT molecular complexity index is 653. The molecule has 1 unspecified atom stereocenters. The van der Waals surface area contributed by atoms with Crippen molar-refractivity contribution in [3.8, 4) is 0 Å². The van der Waals surface area contributed by atoms with Crippen LogP contribution in [0.2, 0.25) is 0 Å². The highest BCUT2D eigenvalue weighted by Gasteiger charge is 2.19. The number of alkyl halides is 1. The fourth-order valence-electron chi connectivity index (χ4n) is 1.86. The van der Waals surface area contributed by atoms with Crippen molar-refractivity contribution in [2.24, 2.45) is 7.05 Å². The molecule has 2 rings (SSSR count). The summed E-state index contributed by atoms with van der Waals surface area (Å²) in [7, 11) is 3.07. The number of para-hydroxylation sites is 1. The smallest absolute Gasteiger partial charge is 0.321 e. The van der Waals surface area contributed by atoms with Crippen LogP contribution in [0.5, 0.6) is 0 Å². The number of carbonyl (C=O) groups excluding carboxylic acids is 2. The monoisotopic (exact) mass is 339 g/mol. The van der Waals surface area contributed by atoms with Crippen LogP contribution in [0.25, 0.3) is 10.9 Å². The maximum atomic E-state index is 12.1. The van der Waals surface area contributed by atoms with Gasteiger partial charge in [0.15, 0.2) is 5.69 Å². The number of aryl methyl sites for hydroxylation is 1. The summed E-state index contributed by atoms with van der Waals surface area (Å²) in [4.78, 5) is 22.8. The summed E-state index contributed by atoms with van der Waals surface area (Å²) < 4.78 is 6.22. The van der Waals surface area contributed by atoms with Crippen LogP contribution in [-0.4, -0.2) is 40.1 Å². The molecule has 1 aromatic carbocycles. The largest absolute Gasteiger partial charge is 0.468 e. The summed E-state index contributed by atoms with van der Waals surface area (Å²) >= 11 is 3.14. The molecule has 0 saturated carbocycles. The van der Waals surface area contributed by atoms with E-state index in [0.717, 1.165) is 10.9 Å². The lowest BCUT2D eigenvalue weighted by atomic mass is 10.2. The van der Waals surface area contributed by atoms with E-state index < -0.39 is 10.8 Å². The molecule has 2 aromatic rings. The maximum Gasteiger partial charge on any atom is 0.321 e. The number of esters is 1. The van der Waals surface area contributed by atoms with E-state index in [-0.39, 0.29) is 12.5 Å². The van der Waals surface area contributed by atoms with Crippen LogP contribution in [-0.2, 0) is 16.6 Å². The van der Waals surface area contributed by atoms with Crippen LogP contribution in [0.15, 0.2) is 24.3 Å². The first-order chi connectivity index (χ1) is 9.54. The molecule has 20 heavy (non-hydrogen) atoms. The number of rotatable bonds is 4. The highest BCUT2D eigenvalue weighted by molar-refractivity contribution is 9.10. The van der Waals surface area contributed by atoms with Crippen molar-refractivity contribution in [1.29, 1.82) is 0 Å². The normalized spacial score (nSPS) is 12.2. The van der Waals surface area contributed by atoms with Crippen molar-refractivity contribution in [3.05, 3.63) is 30.0 Å². The first-order valence-electron chi connectivity index (χ1n) is 5.96. The van der Waals surface area contributed by atoms with E-state index >= 15 is 0 Å². The molecule has 1 amide bonds. The maximum absolute atomic E-state index is 12.1. The topological polar surface area (TPSA) is 73.2 Å². The molecule has 0 aliphatic rings. The number of aromatic nitrogens is 2. The third-order valence-electron chi connectivity index (χ3n) is 2.87. The number of amides is 1. The lowest BCUT2D eigenvalue weighted by molar-refractivity contribution is -0.139. The number of carbonyl (C=O) groups is 2. The molecule has 7 heteroatoms. The third kappa shape index (κ3) is 2.82. The first kappa shape index (κ1) is 14.5. The predicted octanol–water partition coefficient (Wildman–Crippen LogP) is 1.24. The third-order valence-corrected chi connectivity index (χ3v) is 3.57. The Labute approximate surface area is 124 Å². The molecule has 0 aliphatic carbocycles. The quantitative estimate of drug-likeness (QED) is 0.671. The van der Waals surface area contributed by atoms with Gasteiger partial charge in [0.05, 0.1) is 12.6 Å². The number of hydrogen-bond acceptors (Lipinski definition) is 4. The second-order valence-corrected chi connectivity index (χ2v) is 5.30. The van der Waals surface area contributed by atoms with Crippen molar-refractivity contribution >= 4 is 38.7 Å².